The summed E-state index contributed by atoms with van der Waals surface area (Å²) >= 11 is 0. The molecule has 0 aromatic carbocycles. The van der Waals surface area contributed by atoms with E-state index in [0.29, 0.717) is 0 Å². The van der Waals surface area contributed by atoms with Crippen LogP contribution < -0.4 is 15.8 Å². The summed E-state index contributed by atoms with van der Waals surface area (Å²) < 4.78 is 40.2. The van der Waals surface area contributed by atoms with Crippen molar-refractivity contribution >= 4 is 18.3 Å². The number of aromatic nitrogens is 1. The summed E-state index contributed by atoms with van der Waals surface area (Å²) in [7, 11) is 0. The first-order valence-corrected chi connectivity index (χ1v) is 5.79. The maximum Gasteiger partial charge on any atom is 0.422 e. The molecule has 0 saturated heterocycles. The number of nitrogens with one attached hydrogen (secondary N) is 1. The Kier molecular flexibility index (Phi) is 6.92. The third kappa shape index (κ3) is 8.36. The average molecular weight is 328 g/mol. The van der Waals surface area contributed by atoms with Gasteiger partial charge in [-0.1, -0.05) is 0 Å². The minimum Gasteiger partial charge on any atom is -0.468 e. The van der Waals surface area contributed by atoms with Crippen molar-refractivity contribution in [1.82, 2.24) is 10.3 Å². The summed E-state index contributed by atoms with van der Waals surface area (Å²) in [5, 5.41) is 2.59. The van der Waals surface area contributed by atoms with Crippen molar-refractivity contribution in [2.75, 3.05) is 13.2 Å². The van der Waals surface area contributed by atoms with Gasteiger partial charge < -0.3 is 15.8 Å². The van der Waals surface area contributed by atoms with E-state index in [9.17, 15) is 18.0 Å². The molecule has 1 aromatic heterocycles. The van der Waals surface area contributed by atoms with Gasteiger partial charge in [0.1, 0.15) is 0 Å². The summed E-state index contributed by atoms with van der Waals surface area (Å²) in [6, 6.07) is 2.53. The number of ether oxygens (including phenoxy) is 1. The van der Waals surface area contributed by atoms with Gasteiger partial charge in [0, 0.05) is 24.3 Å². The molecule has 9 heteroatoms. The van der Waals surface area contributed by atoms with Gasteiger partial charge in [-0.05, 0) is 19.9 Å². The predicted molar refractivity (Wildman–Crippen MR) is 73.6 cm³/mol. The number of carbonyl (C=O) groups excluding carboxylic acids is 1. The van der Waals surface area contributed by atoms with Crippen LogP contribution in [0, 0.1) is 0 Å². The molecule has 0 fully saturated rings. The predicted octanol–water partition coefficient (Wildman–Crippen LogP) is 1.91. The van der Waals surface area contributed by atoms with Gasteiger partial charge in [-0.3, -0.25) is 4.79 Å². The molecule has 3 N–H and O–H groups in total. The standard InChI is InChI=1S/C12H16F3N3O2.ClH/c1-11(2,16)6-18-10(19)8-3-4-9(17-5-8)20-7-12(13,14)15;/h3-5H,6-7,16H2,1-2H3,(H,18,19);1H. The van der Waals surface area contributed by atoms with Gasteiger partial charge in [0.25, 0.3) is 5.91 Å². The largest absolute Gasteiger partial charge is 0.468 e. The third-order valence-electron chi connectivity index (χ3n) is 2.09. The lowest BCUT2D eigenvalue weighted by atomic mass is 10.1. The lowest BCUT2D eigenvalue weighted by molar-refractivity contribution is -0.154. The zero-order chi connectivity index (χ0) is 15.4. The zero-order valence-corrected chi connectivity index (χ0v) is 12.3. The van der Waals surface area contributed by atoms with Gasteiger partial charge in [-0.15, -0.1) is 12.4 Å². The van der Waals surface area contributed by atoms with E-state index in [1.807, 2.05) is 0 Å². The summed E-state index contributed by atoms with van der Waals surface area (Å²) in [6.45, 7) is 2.34. The van der Waals surface area contributed by atoms with Gasteiger partial charge in [0.05, 0.1) is 5.56 Å². The van der Waals surface area contributed by atoms with Gasteiger partial charge in [-0.25, -0.2) is 4.98 Å². The van der Waals surface area contributed by atoms with E-state index in [2.05, 4.69) is 15.0 Å². The molecule has 120 valence electrons. The van der Waals surface area contributed by atoms with E-state index in [-0.39, 0.29) is 30.4 Å². The molecule has 0 aliphatic rings. The maximum atomic E-state index is 11.9. The number of alkyl halides is 3. The highest BCUT2D eigenvalue weighted by Gasteiger charge is 2.28. The van der Waals surface area contributed by atoms with Crippen LogP contribution in [0.25, 0.3) is 0 Å². The number of hydrogen-bond donors (Lipinski definition) is 2. The fraction of sp³-hybridized carbons (Fsp3) is 0.500. The first-order valence-electron chi connectivity index (χ1n) is 5.79. The Morgan fingerprint density at radius 1 is 1.38 bits per heavy atom. The minimum absolute atomic E-state index is 0. The Bertz CT molecular complexity index is 458. The second-order valence-electron chi connectivity index (χ2n) is 4.96. The van der Waals surface area contributed by atoms with Gasteiger partial charge >= 0.3 is 6.18 Å². The topological polar surface area (TPSA) is 77.2 Å². The number of halogens is 4. The molecule has 5 nitrogen and oxygen atoms in total. The second-order valence-corrected chi connectivity index (χ2v) is 4.96. The van der Waals surface area contributed by atoms with Crippen molar-refractivity contribution in [3.05, 3.63) is 23.9 Å². The molecule has 0 atom stereocenters. The van der Waals surface area contributed by atoms with Crippen molar-refractivity contribution in [2.24, 2.45) is 5.73 Å². The fourth-order valence-corrected chi connectivity index (χ4v) is 1.17. The van der Waals surface area contributed by atoms with Crippen molar-refractivity contribution < 1.29 is 22.7 Å². The lowest BCUT2D eigenvalue weighted by Crippen LogP contribution is -2.45. The normalized spacial score (nSPS) is 11.5. The zero-order valence-electron chi connectivity index (χ0n) is 11.5. The number of nitrogens with zero attached hydrogens (tertiary/aromatic N) is 1. The molecular formula is C12H17ClF3N3O2. The molecule has 0 saturated carbocycles. The second kappa shape index (κ2) is 7.46. The summed E-state index contributed by atoms with van der Waals surface area (Å²) in [5.41, 5.74) is 5.37. The van der Waals surface area contributed by atoms with E-state index in [0.717, 1.165) is 6.20 Å². The summed E-state index contributed by atoms with van der Waals surface area (Å²) in [5.74, 6) is -0.601. The van der Waals surface area contributed by atoms with E-state index < -0.39 is 24.2 Å². The Balaban J connectivity index is 0.00000400. The molecule has 0 radical (unpaired) electrons. The highest BCUT2D eigenvalue weighted by Crippen LogP contribution is 2.17. The fourth-order valence-electron chi connectivity index (χ4n) is 1.17. The molecule has 0 bridgehead atoms. The molecule has 0 spiro atoms. The van der Waals surface area contributed by atoms with E-state index in [4.69, 9.17) is 5.73 Å². The number of carbonyl (C=O) groups is 1. The van der Waals surface area contributed by atoms with Crippen LogP contribution in [0.5, 0.6) is 5.88 Å². The van der Waals surface area contributed by atoms with Crippen molar-refractivity contribution in [2.45, 2.75) is 25.6 Å². The number of pyridine rings is 1. The summed E-state index contributed by atoms with van der Waals surface area (Å²) in [4.78, 5) is 15.3. The van der Waals surface area contributed by atoms with Crippen LogP contribution >= 0.6 is 12.4 Å². The molecule has 1 aromatic rings. The van der Waals surface area contributed by atoms with Crippen LogP contribution in [0.3, 0.4) is 0 Å². The van der Waals surface area contributed by atoms with Crippen LogP contribution in [0.1, 0.15) is 24.2 Å². The van der Waals surface area contributed by atoms with E-state index >= 15 is 0 Å². The third-order valence-corrected chi connectivity index (χ3v) is 2.09. The van der Waals surface area contributed by atoms with Crippen LogP contribution in [0.15, 0.2) is 18.3 Å². The lowest BCUT2D eigenvalue weighted by Gasteiger charge is -2.18. The van der Waals surface area contributed by atoms with E-state index in [1.165, 1.54) is 12.1 Å². The van der Waals surface area contributed by atoms with Crippen LogP contribution in [-0.2, 0) is 0 Å². The SMILES string of the molecule is CC(C)(N)CNC(=O)c1ccc(OCC(F)(F)F)nc1.Cl. The molecule has 0 aliphatic carbocycles. The summed E-state index contributed by atoms with van der Waals surface area (Å²) in [6.07, 6.45) is -3.28. The first kappa shape index (κ1) is 19.5. The van der Waals surface area contributed by atoms with Gasteiger partial charge in [-0.2, -0.15) is 13.2 Å². The quantitative estimate of drug-likeness (QED) is 0.866. The Morgan fingerprint density at radius 3 is 2.43 bits per heavy atom. The molecular weight excluding hydrogens is 311 g/mol. The Hall–Kier alpha value is -1.54. The molecule has 1 rings (SSSR count). The van der Waals surface area contributed by atoms with Crippen LogP contribution in [0.4, 0.5) is 13.2 Å². The van der Waals surface area contributed by atoms with E-state index in [1.54, 1.807) is 13.8 Å². The Morgan fingerprint density at radius 2 is 2.00 bits per heavy atom. The Labute approximate surface area is 126 Å². The number of hydrogen-bond acceptors (Lipinski definition) is 4. The van der Waals surface area contributed by atoms with Crippen molar-refractivity contribution in [3.63, 3.8) is 0 Å². The molecule has 1 heterocycles. The highest BCUT2D eigenvalue weighted by atomic mass is 35.5. The van der Waals surface area contributed by atoms with Gasteiger partial charge in [0.2, 0.25) is 5.88 Å². The molecule has 0 aliphatic heterocycles. The molecule has 21 heavy (non-hydrogen) atoms. The molecule has 0 unspecified atom stereocenters. The van der Waals surface area contributed by atoms with Crippen LogP contribution in [-0.4, -0.2) is 35.8 Å². The minimum atomic E-state index is -4.43. The van der Waals surface area contributed by atoms with Crippen molar-refractivity contribution in [3.8, 4) is 5.88 Å². The molecule has 1 amide bonds. The number of amides is 1. The van der Waals surface area contributed by atoms with Crippen LogP contribution in [0.2, 0.25) is 0 Å². The smallest absolute Gasteiger partial charge is 0.422 e. The van der Waals surface area contributed by atoms with Gasteiger partial charge in [0.15, 0.2) is 6.61 Å². The number of rotatable bonds is 5. The maximum absolute atomic E-state index is 11.9. The highest BCUT2D eigenvalue weighted by molar-refractivity contribution is 5.93. The average Bonchev–Trinajstić information content (AvgIpc) is 2.32. The monoisotopic (exact) mass is 327 g/mol. The first-order chi connectivity index (χ1) is 9.07. The number of nitrogens with two attached hydrogens (primary N) is 1. The van der Waals surface area contributed by atoms with Crippen molar-refractivity contribution in [1.29, 1.82) is 0 Å².